The van der Waals surface area contributed by atoms with Gasteiger partial charge < -0.3 is 25.0 Å². The fourth-order valence-electron chi connectivity index (χ4n) is 5.16. The van der Waals surface area contributed by atoms with Gasteiger partial charge in [0.05, 0.1) is 17.0 Å². The number of carbonyl (C=O) groups is 5. The number of aromatic nitrogens is 1. The third-order valence-corrected chi connectivity index (χ3v) is 11.1. The average Bonchev–Trinajstić information content (AvgIpc) is 3.55. The van der Waals surface area contributed by atoms with E-state index in [0.29, 0.717) is 50.9 Å². The van der Waals surface area contributed by atoms with Gasteiger partial charge in [0.2, 0.25) is 11.8 Å². The van der Waals surface area contributed by atoms with Crippen molar-refractivity contribution in [3.05, 3.63) is 16.1 Å². The summed E-state index contributed by atoms with van der Waals surface area (Å²) in [5.74, 6) is -1.12. The molecule has 0 radical (unpaired) electrons. The molecule has 1 aromatic heterocycles. The minimum absolute atomic E-state index is 0.123. The van der Waals surface area contributed by atoms with Gasteiger partial charge in [0.25, 0.3) is 5.91 Å². The van der Waals surface area contributed by atoms with Crippen LogP contribution in [0.2, 0.25) is 0 Å². The molecule has 0 aromatic carbocycles. The first-order valence-electron chi connectivity index (χ1n) is 17.0. The van der Waals surface area contributed by atoms with Gasteiger partial charge in [-0.1, -0.05) is 62.1 Å². The minimum Gasteiger partial charge on any atom is -0.465 e. The summed E-state index contributed by atoms with van der Waals surface area (Å²) < 4.78 is 10.7. The summed E-state index contributed by atoms with van der Waals surface area (Å²) >= 11 is 1.36. The predicted molar refractivity (Wildman–Crippen MR) is 193 cm³/mol. The lowest BCUT2D eigenvalue weighted by atomic mass is 9.96. The zero-order chi connectivity index (χ0) is 35.5. The van der Waals surface area contributed by atoms with E-state index in [1.54, 1.807) is 33.9 Å². The summed E-state index contributed by atoms with van der Waals surface area (Å²) in [5.41, 5.74) is 0.299. The third-order valence-electron chi connectivity index (χ3n) is 8.39. The van der Waals surface area contributed by atoms with Gasteiger partial charge in [-0.25, -0.2) is 4.98 Å². The van der Waals surface area contributed by atoms with E-state index in [9.17, 15) is 24.0 Å². The van der Waals surface area contributed by atoms with Crippen molar-refractivity contribution in [3.63, 3.8) is 0 Å². The first-order chi connectivity index (χ1) is 23.0. The Labute approximate surface area is 298 Å². The highest BCUT2D eigenvalue weighted by molar-refractivity contribution is 8.76. The van der Waals surface area contributed by atoms with E-state index in [1.165, 1.54) is 16.2 Å². The van der Waals surface area contributed by atoms with E-state index in [1.807, 2.05) is 39.0 Å². The van der Waals surface area contributed by atoms with Gasteiger partial charge >= 0.3 is 11.9 Å². The van der Waals surface area contributed by atoms with Crippen LogP contribution < -0.4 is 10.6 Å². The van der Waals surface area contributed by atoms with E-state index in [4.69, 9.17) is 9.47 Å². The number of esters is 2. The molecule has 4 unspecified atom stereocenters. The second-order valence-electron chi connectivity index (χ2n) is 12.2. The van der Waals surface area contributed by atoms with Crippen LogP contribution in [0, 0.1) is 11.8 Å². The predicted octanol–water partition coefficient (Wildman–Crippen LogP) is 4.53. The van der Waals surface area contributed by atoms with Crippen molar-refractivity contribution < 1.29 is 33.4 Å². The van der Waals surface area contributed by atoms with Gasteiger partial charge in [0, 0.05) is 37.1 Å². The second kappa shape index (κ2) is 23.1. The number of nitrogens with zero attached hydrogens (tertiary/aromatic N) is 3. The number of aryl methyl sites for hydroxylation is 1. The summed E-state index contributed by atoms with van der Waals surface area (Å²) in [4.78, 5) is 72.3. The molecule has 3 amide bonds. The number of nitrogens with one attached hydrogen (secondary N) is 2. The summed E-state index contributed by atoms with van der Waals surface area (Å²) in [6.45, 7) is 9.21. The molecule has 0 spiro atoms. The van der Waals surface area contributed by atoms with Gasteiger partial charge in [0.15, 0.2) is 6.73 Å². The molecule has 2 heterocycles. The Bertz CT molecular complexity index is 1170. The third kappa shape index (κ3) is 14.6. The van der Waals surface area contributed by atoms with Crippen LogP contribution in [0.1, 0.15) is 94.6 Å². The highest BCUT2D eigenvalue weighted by Gasteiger charge is 2.34. The van der Waals surface area contributed by atoms with E-state index < -0.39 is 6.04 Å². The molecule has 4 atom stereocenters. The maximum atomic E-state index is 13.9. The molecular weight excluding hydrogens is 675 g/mol. The monoisotopic (exact) mass is 729 g/mol. The molecule has 2 rings (SSSR count). The molecule has 2 N–H and O–H groups in total. The maximum absolute atomic E-state index is 13.9. The molecule has 48 heavy (non-hydrogen) atoms. The van der Waals surface area contributed by atoms with E-state index in [2.05, 4.69) is 15.6 Å². The molecular formula is C33H55N5O7S3. The topological polar surface area (TPSA) is 147 Å². The number of likely N-dealkylation sites (tertiary alicyclic amines) is 1. The molecule has 1 aliphatic rings. The van der Waals surface area contributed by atoms with Crippen molar-refractivity contribution in [2.45, 2.75) is 97.6 Å². The number of ether oxygens (including phenoxy) is 2. The van der Waals surface area contributed by atoms with Crippen molar-refractivity contribution in [3.8, 4) is 0 Å². The van der Waals surface area contributed by atoms with Crippen LogP contribution in [0.5, 0.6) is 0 Å². The molecule has 272 valence electrons. The molecule has 1 aromatic rings. The highest BCUT2D eigenvalue weighted by atomic mass is 33.1. The number of likely N-dealkylation sites (N-methyl/N-ethyl adjacent to an activating group) is 1. The Morgan fingerprint density at radius 3 is 2.62 bits per heavy atom. The van der Waals surface area contributed by atoms with Gasteiger partial charge in [-0.05, 0) is 57.9 Å². The van der Waals surface area contributed by atoms with Crippen LogP contribution >= 0.6 is 32.9 Å². The number of hydrogen-bond acceptors (Lipinski definition) is 12. The van der Waals surface area contributed by atoms with E-state index in [0.717, 1.165) is 36.6 Å². The SMILES string of the molecule is CCCC(=O)OCN(CCCc1nc(C(=O)NCCC(C)C(=O)OCCSSC)cs1)C(=O)C(NC(=O)C1CCCCN1C)C(C)CC. The molecule has 15 heteroatoms. The molecule has 0 aliphatic carbocycles. The summed E-state index contributed by atoms with van der Waals surface area (Å²) in [5, 5.41) is 8.29. The van der Waals surface area contributed by atoms with E-state index >= 15 is 0 Å². The summed E-state index contributed by atoms with van der Waals surface area (Å²) in [7, 11) is 5.19. The number of rotatable bonds is 22. The minimum atomic E-state index is -0.749. The van der Waals surface area contributed by atoms with E-state index in [-0.39, 0.29) is 67.2 Å². The largest absolute Gasteiger partial charge is 0.465 e. The number of amides is 3. The Hall–Kier alpha value is -2.36. The number of carbonyl (C=O) groups excluding carboxylic acids is 5. The lowest BCUT2D eigenvalue weighted by Gasteiger charge is -2.35. The number of piperidine rings is 1. The average molecular weight is 730 g/mol. The van der Waals surface area contributed by atoms with Gasteiger partial charge in [-0.3, -0.25) is 28.9 Å². The zero-order valence-corrected chi connectivity index (χ0v) is 31.9. The molecule has 0 bridgehead atoms. The molecule has 12 nitrogen and oxygen atoms in total. The molecule has 1 aliphatic heterocycles. The van der Waals surface area contributed by atoms with Crippen molar-refractivity contribution in [1.82, 2.24) is 25.4 Å². The Kier molecular flexibility index (Phi) is 20.1. The van der Waals surface area contributed by atoms with Crippen LogP contribution in [0.3, 0.4) is 0 Å². The second-order valence-corrected chi connectivity index (χ2v) is 15.8. The van der Waals surface area contributed by atoms with Gasteiger partial charge in [-0.2, -0.15) is 0 Å². The van der Waals surface area contributed by atoms with Crippen molar-refractivity contribution in [1.29, 1.82) is 0 Å². The quantitative estimate of drug-likeness (QED) is 0.0751. The molecule has 1 fully saturated rings. The van der Waals surface area contributed by atoms with Crippen LogP contribution in [0.25, 0.3) is 0 Å². The first-order valence-corrected chi connectivity index (χ1v) is 20.6. The van der Waals surface area contributed by atoms with Crippen molar-refractivity contribution >= 4 is 62.6 Å². The number of thiazole rings is 1. The summed E-state index contributed by atoms with van der Waals surface area (Å²) in [6, 6.07) is -1.02. The molecule has 1 saturated heterocycles. The maximum Gasteiger partial charge on any atom is 0.308 e. The fourth-order valence-corrected chi connectivity index (χ4v) is 7.01. The van der Waals surface area contributed by atoms with Crippen molar-refractivity contribution in [2.75, 3.05) is 52.0 Å². The van der Waals surface area contributed by atoms with Crippen molar-refractivity contribution in [2.24, 2.45) is 11.8 Å². The number of hydrogen-bond donors (Lipinski definition) is 2. The smallest absolute Gasteiger partial charge is 0.308 e. The van der Waals surface area contributed by atoms with Crippen LogP contribution in [0.4, 0.5) is 0 Å². The van der Waals surface area contributed by atoms with Crippen LogP contribution in [-0.4, -0.2) is 109 Å². The van der Waals surface area contributed by atoms with Crippen LogP contribution in [0.15, 0.2) is 5.38 Å². The van der Waals surface area contributed by atoms with Gasteiger partial charge in [0.1, 0.15) is 18.3 Å². The molecule has 0 saturated carbocycles. The standard InChI is InChI=1S/C33H55N5O7S3/c1-7-12-28(39)45-22-38(32(42)29(23(3)8-2)36-31(41)26-13-9-10-17-37(26)5)18-11-14-27-35-25(21-47-27)30(40)34-16-15-24(4)33(43)44-19-20-48-46-6/h21,23-24,26,29H,7-20,22H2,1-6H3,(H,34,40)(H,36,41). The highest BCUT2D eigenvalue weighted by Crippen LogP contribution is 2.19. The van der Waals surface area contributed by atoms with Crippen LogP contribution in [-0.2, 0) is 35.1 Å². The Morgan fingerprint density at radius 1 is 1.17 bits per heavy atom. The Morgan fingerprint density at radius 2 is 1.94 bits per heavy atom. The zero-order valence-electron chi connectivity index (χ0n) is 29.4. The van der Waals surface area contributed by atoms with Gasteiger partial charge in [-0.15, -0.1) is 11.3 Å². The summed E-state index contributed by atoms with van der Waals surface area (Å²) in [6.07, 6.45) is 7.81. The Balaban J connectivity index is 1.97. The fraction of sp³-hybridized carbons (Fsp3) is 0.758. The normalized spacial score (nSPS) is 16.8. The first kappa shape index (κ1) is 41.8. The lowest BCUT2D eigenvalue weighted by Crippen LogP contribution is -2.57. The lowest BCUT2D eigenvalue weighted by molar-refractivity contribution is -0.155.